The molecular formula is C18H24N4O2. The van der Waals surface area contributed by atoms with Gasteiger partial charge in [-0.3, -0.25) is 14.4 Å². The Bertz CT molecular complexity index is 753. The van der Waals surface area contributed by atoms with E-state index in [1.807, 2.05) is 44.0 Å². The van der Waals surface area contributed by atoms with E-state index in [1.165, 1.54) is 0 Å². The van der Waals surface area contributed by atoms with E-state index in [4.69, 9.17) is 4.74 Å². The minimum absolute atomic E-state index is 0.108. The lowest BCUT2D eigenvalue weighted by molar-refractivity contribution is -0.118. The van der Waals surface area contributed by atoms with Crippen molar-refractivity contribution in [1.29, 1.82) is 0 Å². The maximum atomic E-state index is 12.7. The molecule has 3 rings (SSSR count). The average Bonchev–Trinajstić information content (AvgIpc) is 3.08. The van der Waals surface area contributed by atoms with Crippen molar-refractivity contribution in [1.82, 2.24) is 15.1 Å². The third-order valence-electron chi connectivity index (χ3n) is 4.48. The molecule has 1 fully saturated rings. The minimum atomic E-state index is -0.160. The van der Waals surface area contributed by atoms with Crippen LogP contribution in [0.3, 0.4) is 0 Å². The molecule has 1 aliphatic heterocycles. The van der Waals surface area contributed by atoms with Crippen molar-refractivity contribution in [3.63, 3.8) is 0 Å². The Balaban J connectivity index is 1.65. The van der Waals surface area contributed by atoms with Crippen molar-refractivity contribution in [2.24, 2.45) is 7.05 Å². The van der Waals surface area contributed by atoms with Crippen molar-refractivity contribution in [2.75, 3.05) is 18.6 Å². The van der Waals surface area contributed by atoms with Crippen molar-refractivity contribution < 1.29 is 9.53 Å². The number of hydrogen-bond acceptors (Lipinski definition) is 4. The molecule has 0 aliphatic carbocycles. The lowest BCUT2D eigenvalue weighted by Crippen LogP contribution is -2.38. The number of carbonyl (C=O) groups excluding carboxylic acids is 1. The minimum Gasteiger partial charge on any atom is -0.496 e. The number of methoxy groups -OCH3 is 1. The first kappa shape index (κ1) is 16.5. The number of ether oxygens (including phenoxy) is 1. The lowest BCUT2D eigenvalue weighted by atomic mass is 10.1. The number of aromatic nitrogens is 2. The third-order valence-corrected chi connectivity index (χ3v) is 4.48. The predicted octanol–water partition coefficient (Wildman–Crippen LogP) is 1.94. The van der Waals surface area contributed by atoms with Gasteiger partial charge in [-0.15, -0.1) is 0 Å². The van der Waals surface area contributed by atoms with Gasteiger partial charge in [0.1, 0.15) is 11.6 Å². The first-order chi connectivity index (χ1) is 11.5. The average molecular weight is 328 g/mol. The number of rotatable bonds is 5. The number of aryl methyl sites for hydroxylation is 3. The molecule has 0 saturated carbocycles. The summed E-state index contributed by atoms with van der Waals surface area (Å²) in [7, 11) is 3.54. The standard InChI is InChI=1S/C18H24N4O2/c1-12-5-6-14(10-16(12)24-4)11-19-15-7-8-22(18(15)23)17-9-13(2)20-21(17)3/h5-6,9-10,15,19H,7-8,11H2,1-4H3/t15-/m0/s1. The van der Waals surface area contributed by atoms with Crippen LogP contribution in [-0.2, 0) is 18.4 Å². The number of hydrogen-bond donors (Lipinski definition) is 1. The smallest absolute Gasteiger partial charge is 0.245 e. The van der Waals surface area contributed by atoms with Crippen LogP contribution in [0.2, 0.25) is 0 Å². The molecule has 1 amide bonds. The molecule has 1 aliphatic rings. The summed E-state index contributed by atoms with van der Waals surface area (Å²) < 4.78 is 7.12. The Morgan fingerprint density at radius 2 is 2.12 bits per heavy atom. The largest absolute Gasteiger partial charge is 0.496 e. The molecule has 0 spiro atoms. The molecule has 0 radical (unpaired) electrons. The van der Waals surface area contributed by atoms with E-state index < -0.39 is 0 Å². The highest BCUT2D eigenvalue weighted by Gasteiger charge is 2.33. The summed E-state index contributed by atoms with van der Waals surface area (Å²) in [4.78, 5) is 14.5. The number of nitrogens with one attached hydrogen (secondary N) is 1. The zero-order valence-corrected chi connectivity index (χ0v) is 14.7. The Morgan fingerprint density at radius 1 is 1.33 bits per heavy atom. The molecule has 2 aromatic rings. The van der Waals surface area contributed by atoms with E-state index in [0.717, 1.165) is 34.8 Å². The van der Waals surface area contributed by atoms with Crippen LogP contribution in [0.5, 0.6) is 5.75 Å². The highest BCUT2D eigenvalue weighted by molar-refractivity contribution is 5.98. The Labute approximate surface area is 142 Å². The van der Waals surface area contributed by atoms with Crippen LogP contribution in [0.4, 0.5) is 5.82 Å². The number of nitrogens with zero attached hydrogens (tertiary/aromatic N) is 3. The molecule has 0 unspecified atom stereocenters. The van der Waals surface area contributed by atoms with Crippen molar-refractivity contribution in [2.45, 2.75) is 32.9 Å². The number of amides is 1. The summed E-state index contributed by atoms with van der Waals surface area (Å²) in [5.41, 5.74) is 3.14. The van der Waals surface area contributed by atoms with Crippen LogP contribution < -0.4 is 15.0 Å². The van der Waals surface area contributed by atoms with Crippen LogP contribution in [0, 0.1) is 13.8 Å². The maximum absolute atomic E-state index is 12.7. The van der Waals surface area contributed by atoms with E-state index in [1.54, 1.807) is 11.8 Å². The second kappa shape index (κ2) is 6.65. The molecule has 1 aromatic heterocycles. The van der Waals surface area contributed by atoms with E-state index in [2.05, 4.69) is 16.5 Å². The molecule has 1 N–H and O–H groups in total. The summed E-state index contributed by atoms with van der Waals surface area (Å²) in [6.45, 7) is 5.31. The second-order valence-electron chi connectivity index (χ2n) is 6.28. The van der Waals surface area contributed by atoms with Gasteiger partial charge in [0, 0.05) is 26.2 Å². The number of benzene rings is 1. The summed E-state index contributed by atoms with van der Waals surface area (Å²) in [5, 5.41) is 7.69. The molecular weight excluding hydrogens is 304 g/mol. The molecule has 24 heavy (non-hydrogen) atoms. The van der Waals surface area contributed by atoms with Gasteiger partial charge in [-0.2, -0.15) is 5.10 Å². The topological polar surface area (TPSA) is 59.4 Å². The fourth-order valence-electron chi connectivity index (χ4n) is 3.16. The lowest BCUT2D eigenvalue weighted by Gasteiger charge is -2.17. The molecule has 0 bridgehead atoms. The van der Waals surface area contributed by atoms with Gasteiger partial charge in [-0.1, -0.05) is 12.1 Å². The number of carbonyl (C=O) groups is 1. The third kappa shape index (κ3) is 3.14. The molecule has 1 saturated heterocycles. The molecule has 2 heterocycles. The van der Waals surface area contributed by atoms with Crippen molar-refractivity contribution in [3.8, 4) is 5.75 Å². The molecule has 1 atom stereocenters. The fraction of sp³-hybridized carbons (Fsp3) is 0.444. The normalized spacial score (nSPS) is 17.6. The van der Waals surface area contributed by atoms with E-state index >= 15 is 0 Å². The molecule has 1 aromatic carbocycles. The summed E-state index contributed by atoms with van der Waals surface area (Å²) in [6, 6.07) is 7.91. The highest BCUT2D eigenvalue weighted by atomic mass is 16.5. The SMILES string of the molecule is COc1cc(CN[C@H]2CCN(c3cc(C)nn3C)C2=O)ccc1C. The molecule has 6 nitrogen and oxygen atoms in total. The van der Waals surface area contributed by atoms with Crippen molar-refractivity contribution in [3.05, 3.63) is 41.1 Å². The van der Waals surface area contributed by atoms with Gasteiger partial charge < -0.3 is 10.1 Å². The van der Waals surface area contributed by atoms with Crippen LogP contribution in [-0.4, -0.2) is 35.4 Å². The van der Waals surface area contributed by atoms with E-state index in [9.17, 15) is 4.79 Å². The Kier molecular flexibility index (Phi) is 4.57. The molecule has 128 valence electrons. The summed E-state index contributed by atoms with van der Waals surface area (Å²) in [6.07, 6.45) is 0.798. The van der Waals surface area contributed by atoms with Gasteiger partial charge in [0.2, 0.25) is 5.91 Å². The van der Waals surface area contributed by atoms with E-state index in [-0.39, 0.29) is 11.9 Å². The monoisotopic (exact) mass is 328 g/mol. The highest BCUT2D eigenvalue weighted by Crippen LogP contribution is 2.23. The quantitative estimate of drug-likeness (QED) is 0.911. The fourth-order valence-corrected chi connectivity index (χ4v) is 3.16. The Hall–Kier alpha value is -2.34. The number of anilines is 1. The molecule has 6 heteroatoms. The van der Waals surface area contributed by atoms with Gasteiger partial charge in [-0.05, 0) is 37.5 Å². The van der Waals surface area contributed by atoms with Gasteiger partial charge in [-0.25, -0.2) is 0 Å². The van der Waals surface area contributed by atoms with Crippen LogP contribution >= 0.6 is 0 Å². The predicted molar refractivity (Wildman–Crippen MR) is 93.3 cm³/mol. The van der Waals surface area contributed by atoms with Crippen molar-refractivity contribution >= 4 is 11.7 Å². The first-order valence-electron chi connectivity index (χ1n) is 8.18. The zero-order valence-electron chi connectivity index (χ0n) is 14.7. The first-order valence-corrected chi connectivity index (χ1v) is 8.18. The van der Waals surface area contributed by atoms with Crippen LogP contribution in [0.1, 0.15) is 23.2 Å². The van der Waals surface area contributed by atoms with Crippen LogP contribution in [0.25, 0.3) is 0 Å². The zero-order chi connectivity index (χ0) is 17.3. The van der Waals surface area contributed by atoms with Gasteiger partial charge in [0.25, 0.3) is 0 Å². The summed E-state index contributed by atoms with van der Waals surface area (Å²) >= 11 is 0. The summed E-state index contributed by atoms with van der Waals surface area (Å²) in [5.74, 6) is 1.84. The van der Waals surface area contributed by atoms with E-state index in [0.29, 0.717) is 13.1 Å². The van der Waals surface area contributed by atoms with Gasteiger partial charge in [0.15, 0.2) is 0 Å². The van der Waals surface area contributed by atoms with Gasteiger partial charge in [0.05, 0.1) is 18.8 Å². The Morgan fingerprint density at radius 3 is 2.79 bits per heavy atom. The maximum Gasteiger partial charge on any atom is 0.245 e. The second-order valence-corrected chi connectivity index (χ2v) is 6.28. The van der Waals surface area contributed by atoms with Gasteiger partial charge >= 0.3 is 0 Å². The van der Waals surface area contributed by atoms with Crippen LogP contribution in [0.15, 0.2) is 24.3 Å².